The van der Waals surface area contributed by atoms with Gasteiger partial charge in [0.25, 0.3) is 0 Å². The molecular formula is C18H23N3O8S. The van der Waals surface area contributed by atoms with Crippen molar-refractivity contribution in [2.24, 2.45) is 5.92 Å². The summed E-state index contributed by atoms with van der Waals surface area (Å²) in [7, 11) is 0. The van der Waals surface area contributed by atoms with Crippen LogP contribution in [0.4, 0.5) is 4.79 Å². The van der Waals surface area contributed by atoms with E-state index >= 15 is 0 Å². The van der Waals surface area contributed by atoms with Crippen LogP contribution < -0.4 is 0 Å². The Hall–Kier alpha value is -2.60. The Labute approximate surface area is 176 Å². The molecule has 0 bridgehead atoms. The minimum absolute atomic E-state index is 0.112. The van der Waals surface area contributed by atoms with Gasteiger partial charge in [-0.05, 0) is 19.8 Å². The monoisotopic (exact) mass is 441 g/mol. The minimum atomic E-state index is -1.19. The van der Waals surface area contributed by atoms with Crippen molar-refractivity contribution in [3.05, 3.63) is 22.4 Å². The predicted octanol–water partition coefficient (Wildman–Crippen LogP) is 1.50. The highest BCUT2D eigenvalue weighted by Crippen LogP contribution is 2.50. The Morgan fingerprint density at radius 2 is 2.07 bits per heavy atom. The number of thioether (sulfide) groups is 1. The highest BCUT2D eigenvalue weighted by Gasteiger charge is 2.55. The number of ether oxygens (including phenoxy) is 3. The Kier molecular flexibility index (Phi) is 6.98. The number of β-lactam (4-membered cyclic amide) rings is 1. The number of carbonyl (C=O) groups excluding carboxylic acids is 3. The molecule has 1 saturated heterocycles. The van der Waals surface area contributed by atoms with Gasteiger partial charge in [-0.3, -0.25) is 9.69 Å². The fourth-order valence-corrected chi connectivity index (χ4v) is 4.67. The van der Waals surface area contributed by atoms with Crippen LogP contribution in [0, 0.1) is 12.8 Å². The molecule has 0 spiro atoms. The largest absolute Gasteiger partial charge is 0.511 e. The number of aromatic nitrogens is 2. The summed E-state index contributed by atoms with van der Waals surface area (Å²) in [5.74, 6) is -0.732. The molecule has 0 saturated carbocycles. The molecule has 0 aromatic carbocycles. The molecule has 1 aromatic rings. The van der Waals surface area contributed by atoms with Crippen molar-refractivity contribution in [1.82, 2.24) is 15.1 Å². The number of hydrogen-bond acceptors (Lipinski definition) is 11. The molecule has 0 radical (unpaired) electrons. The molecule has 3 rings (SSSR count). The van der Waals surface area contributed by atoms with Gasteiger partial charge in [-0.2, -0.15) is 0 Å². The average Bonchev–Trinajstić information content (AvgIpc) is 3.23. The Balaban J connectivity index is 1.68. The van der Waals surface area contributed by atoms with Crippen molar-refractivity contribution in [2.45, 2.75) is 51.7 Å². The maximum Gasteiger partial charge on any atom is 0.511 e. The first-order valence-electron chi connectivity index (χ1n) is 9.52. The van der Waals surface area contributed by atoms with Gasteiger partial charge in [-0.25, -0.2) is 9.59 Å². The summed E-state index contributed by atoms with van der Waals surface area (Å²) in [6, 6.07) is 0. The zero-order valence-electron chi connectivity index (χ0n) is 16.8. The topological polar surface area (TPSA) is 141 Å². The summed E-state index contributed by atoms with van der Waals surface area (Å²) in [4.78, 5) is 38.5. The summed E-state index contributed by atoms with van der Waals surface area (Å²) in [5, 5.41) is 16.8. The molecule has 2 aliphatic rings. The number of nitrogens with zero attached hydrogens (tertiary/aromatic N) is 3. The summed E-state index contributed by atoms with van der Waals surface area (Å²) in [6.07, 6.45) is -0.560. The third-order valence-corrected chi connectivity index (χ3v) is 5.93. The van der Waals surface area contributed by atoms with E-state index < -0.39 is 24.3 Å². The minimum Gasteiger partial charge on any atom is -0.435 e. The van der Waals surface area contributed by atoms with Crippen molar-refractivity contribution < 1.29 is 38.1 Å². The van der Waals surface area contributed by atoms with Crippen LogP contribution in [0.1, 0.15) is 38.5 Å². The molecule has 3 heterocycles. The number of esters is 1. The van der Waals surface area contributed by atoms with E-state index in [1.54, 1.807) is 13.8 Å². The molecule has 2 aliphatic heterocycles. The molecule has 1 amide bonds. The number of aliphatic hydroxyl groups excluding tert-OH is 1. The van der Waals surface area contributed by atoms with Crippen LogP contribution in [0.25, 0.3) is 0 Å². The Bertz CT molecular complexity index is 854. The van der Waals surface area contributed by atoms with Crippen LogP contribution in [-0.4, -0.2) is 63.1 Å². The molecule has 1 unspecified atom stereocenters. The van der Waals surface area contributed by atoms with E-state index in [9.17, 15) is 19.5 Å². The number of carbonyl (C=O) groups is 3. The fraction of sp³-hybridized carbons (Fsp3) is 0.611. The SMILES string of the molecule is CCOC(=O)OC(C)OC(=O)C1=C(CCCc2nnc(C)o2)S[C@@H]2[C@@H](CO)C(=O)N12. The maximum atomic E-state index is 12.7. The number of fused-ring (bicyclic) bond motifs is 1. The van der Waals surface area contributed by atoms with E-state index in [1.807, 2.05) is 0 Å². The van der Waals surface area contributed by atoms with Gasteiger partial charge in [0.1, 0.15) is 11.1 Å². The number of amides is 1. The molecule has 11 nitrogen and oxygen atoms in total. The van der Waals surface area contributed by atoms with E-state index in [0.29, 0.717) is 35.9 Å². The van der Waals surface area contributed by atoms with E-state index in [0.717, 1.165) is 0 Å². The molecule has 12 heteroatoms. The van der Waals surface area contributed by atoms with Gasteiger partial charge in [0.05, 0.1) is 19.1 Å². The molecule has 1 N–H and O–H groups in total. The van der Waals surface area contributed by atoms with Gasteiger partial charge in [0.2, 0.25) is 24.0 Å². The molecule has 30 heavy (non-hydrogen) atoms. The first-order chi connectivity index (χ1) is 14.3. The standard InChI is InChI=1S/C18H23N3O8S/c1-4-26-18(25)29-10(3)28-17(24)14-12(6-5-7-13-20-19-9(2)27-13)30-16-11(8-22)15(23)21(14)16/h10-11,16,22H,4-8H2,1-3H3/t10?,11-,16+/m0/s1. The molecule has 164 valence electrons. The second-order valence-corrected chi connectivity index (χ2v) is 7.83. The number of aliphatic hydroxyl groups is 1. The van der Waals surface area contributed by atoms with E-state index in [4.69, 9.17) is 13.9 Å². The summed E-state index contributed by atoms with van der Waals surface area (Å²) in [6.45, 7) is 4.52. The first kappa shape index (κ1) is 22.1. The highest BCUT2D eigenvalue weighted by atomic mass is 32.2. The number of rotatable bonds is 9. The normalized spacial score (nSPS) is 21.2. The second-order valence-electron chi connectivity index (χ2n) is 6.62. The van der Waals surface area contributed by atoms with Gasteiger partial charge >= 0.3 is 12.1 Å². The summed E-state index contributed by atoms with van der Waals surface area (Å²) >= 11 is 1.35. The smallest absolute Gasteiger partial charge is 0.435 e. The van der Waals surface area contributed by atoms with Crippen LogP contribution in [-0.2, 0) is 30.2 Å². The van der Waals surface area contributed by atoms with Crippen LogP contribution in [0.3, 0.4) is 0 Å². The van der Waals surface area contributed by atoms with Crippen LogP contribution >= 0.6 is 11.8 Å². The second kappa shape index (κ2) is 9.47. The summed E-state index contributed by atoms with van der Waals surface area (Å²) in [5.41, 5.74) is 0.112. The van der Waals surface area contributed by atoms with Crippen molar-refractivity contribution in [1.29, 1.82) is 0 Å². The lowest BCUT2D eigenvalue weighted by Crippen LogP contribution is -2.58. The lowest BCUT2D eigenvalue weighted by molar-refractivity contribution is -0.169. The zero-order valence-corrected chi connectivity index (χ0v) is 17.6. The Morgan fingerprint density at radius 3 is 2.70 bits per heavy atom. The third-order valence-electron chi connectivity index (χ3n) is 4.47. The molecule has 3 atom stereocenters. The lowest BCUT2D eigenvalue weighted by Gasteiger charge is -2.41. The maximum absolute atomic E-state index is 12.7. The predicted molar refractivity (Wildman–Crippen MR) is 101 cm³/mol. The first-order valence-corrected chi connectivity index (χ1v) is 10.4. The van der Waals surface area contributed by atoms with Gasteiger partial charge in [0.15, 0.2) is 0 Å². The Morgan fingerprint density at radius 1 is 1.30 bits per heavy atom. The molecule has 0 aliphatic carbocycles. The van der Waals surface area contributed by atoms with Crippen molar-refractivity contribution in [2.75, 3.05) is 13.2 Å². The van der Waals surface area contributed by atoms with E-state index in [2.05, 4.69) is 14.9 Å². The average molecular weight is 441 g/mol. The van der Waals surface area contributed by atoms with Gasteiger partial charge in [0, 0.05) is 25.2 Å². The van der Waals surface area contributed by atoms with Gasteiger partial charge in [-0.15, -0.1) is 22.0 Å². The molecule has 1 fully saturated rings. The summed E-state index contributed by atoms with van der Waals surface area (Å²) < 4.78 is 20.0. The van der Waals surface area contributed by atoms with Crippen LogP contribution in [0.15, 0.2) is 15.0 Å². The highest BCUT2D eigenvalue weighted by molar-refractivity contribution is 8.04. The third kappa shape index (κ3) is 4.59. The number of hydrogen-bond donors (Lipinski definition) is 1. The van der Waals surface area contributed by atoms with Gasteiger partial charge < -0.3 is 23.7 Å². The van der Waals surface area contributed by atoms with Crippen molar-refractivity contribution in [3.63, 3.8) is 0 Å². The van der Waals surface area contributed by atoms with E-state index in [1.165, 1.54) is 23.6 Å². The molecule has 1 aromatic heterocycles. The fourth-order valence-electron chi connectivity index (χ4n) is 3.15. The molecular weight excluding hydrogens is 418 g/mol. The van der Waals surface area contributed by atoms with E-state index in [-0.39, 0.29) is 30.2 Å². The van der Waals surface area contributed by atoms with Gasteiger partial charge in [-0.1, -0.05) is 0 Å². The lowest BCUT2D eigenvalue weighted by atomic mass is 9.98. The van der Waals surface area contributed by atoms with Crippen molar-refractivity contribution in [3.8, 4) is 0 Å². The number of aryl methyl sites for hydroxylation is 2. The number of allylic oxidation sites excluding steroid dienone is 1. The quantitative estimate of drug-likeness (QED) is 0.338. The van der Waals surface area contributed by atoms with Crippen LogP contribution in [0.2, 0.25) is 0 Å². The van der Waals surface area contributed by atoms with Crippen LogP contribution in [0.5, 0.6) is 0 Å². The zero-order chi connectivity index (χ0) is 21.8. The van der Waals surface area contributed by atoms with Crippen molar-refractivity contribution >= 4 is 29.8 Å².